The van der Waals surface area contributed by atoms with Crippen LogP contribution in [0.1, 0.15) is 59.3 Å². The van der Waals surface area contributed by atoms with Crippen LogP contribution in [-0.4, -0.2) is 62.2 Å². The zero-order chi connectivity index (χ0) is 19.2. The van der Waals surface area contributed by atoms with E-state index in [-0.39, 0.29) is 6.61 Å². The quantitative estimate of drug-likeness (QED) is 0.223. The van der Waals surface area contributed by atoms with Crippen LogP contribution in [0.3, 0.4) is 0 Å². The predicted molar refractivity (Wildman–Crippen MR) is 103 cm³/mol. The van der Waals surface area contributed by atoms with E-state index in [9.17, 15) is 5.11 Å². The van der Waals surface area contributed by atoms with Crippen LogP contribution in [0.25, 0.3) is 0 Å². The molecule has 0 aromatic rings. The number of ether oxygens (including phenoxy) is 4. The lowest BCUT2D eigenvalue weighted by atomic mass is 9.98. The van der Waals surface area contributed by atoms with Crippen molar-refractivity contribution in [1.29, 1.82) is 0 Å². The number of thiol groups is 1. The molecule has 2 unspecified atom stereocenters. The highest BCUT2D eigenvalue weighted by Gasteiger charge is 2.47. The van der Waals surface area contributed by atoms with Crippen molar-refractivity contribution in [2.75, 3.05) is 26.4 Å². The normalized spacial score (nSPS) is 29.2. The van der Waals surface area contributed by atoms with Crippen molar-refractivity contribution in [3.05, 3.63) is 0 Å². The van der Waals surface area contributed by atoms with Crippen molar-refractivity contribution in [3.63, 3.8) is 0 Å². The molecule has 0 aromatic heterocycles. The summed E-state index contributed by atoms with van der Waals surface area (Å²) in [5.41, 5.74) is 0. The molecule has 8 heteroatoms. The van der Waals surface area contributed by atoms with E-state index in [4.69, 9.17) is 23.8 Å². The van der Waals surface area contributed by atoms with Crippen LogP contribution in [0.2, 0.25) is 0 Å². The van der Waals surface area contributed by atoms with E-state index in [1.165, 1.54) is 0 Å². The van der Waals surface area contributed by atoms with Gasteiger partial charge in [0.2, 0.25) is 6.29 Å². The van der Waals surface area contributed by atoms with Crippen LogP contribution < -0.4 is 4.89 Å². The minimum atomic E-state index is -0.847. The number of hydrogen-bond acceptors (Lipinski definition) is 8. The van der Waals surface area contributed by atoms with Crippen LogP contribution in [0.4, 0.5) is 0 Å². The molecule has 5 atom stereocenters. The Bertz CT molecular complexity index is 339. The molecule has 0 bridgehead atoms. The molecule has 1 heterocycles. The van der Waals surface area contributed by atoms with Crippen molar-refractivity contribution < 1.29 is 28.9 Å². The van der Waals surface area contributed by atoms with E-state index in [1.54, 1.807) is 0 Å². The maximum Gasteiger partial charge on any atom is 0.207 e. The van der Waals surface area contributed by atoms with E-state index in [0.29, 0.717) is 19.8 Å². The predicted octanol–water partition coefficient (Wildman–Crippen LogP) is 2.63. The molecule has 0 aromatic carbocycles. The van der Waals surface area contributed by atoms with E-state index < -0.39 is 30.7 Å². The van der Waals surface area contributed by atoms with E-state index >= 15 is 0 Å². The van der Waals surface area contributed by atoms with Gasteiger partial charge in [0.15, 0.2) is 0 Å². The van der Waals surface area contributed by atoms with Crippen molar-refractivity contribution in [3.8, 4) is 0 Å². The first-order valence-electron chi connectivity index (χ1n) is 9.88. The lowest BCUT2D eigenvalue weighted by Crippen LogP contribution is -2.61. The first-order valence-corrected chi connectivity index (χ1v) is 10.3. The second-order valence-corrected chi connectivity index (χ2v) is 6.73. The molecule has 0 radical (unpaired) electrons. The van der Waals surface area contributed by atoms with Gasteiger partial charge in [-0.2, -0.15) is 0 Å². The number of aliphatic hydroxyl groups is 1. The topological polar surface area (TPSA) is 78.4 Å². The molecule has 0 amide bonds. The molecule has 1 saturated heterocycles. The molecular formula is C18H37NO6S. The van der Waals surface area contributed by atoms with E-state index in [0.717, 1.165) is 38.5 Å². The number of rotatable bonds is 15. The molecule has 0 spiro atoms. The van der Waals surface area contributed by atoms with Gasteiger partial charge in [-0.05, 0) is 19.3 Å². The third kappa shape index (κ3) is 8.39. The molecular weight excluding hydrogens is 358 g/mol. The summed E-state index contributed by atoms with van der Waals surface area (Å²) in [6.45, 7) is 8.32. The van der Waals surface area contributed by atoms with Gasteiger partial charge in [-0.15, -0.1) is 4.89 Å². The average molecular weight is 396 g/mol. The van der Waals surface area contributed by atoms with Gasteiger partial charge in [-0.25, -0.2) is 0 Å². The highest BCUT2D eigenvalue weighted by Crippen LogP contribution is 2.27. The molecule has 0 saturated carbocycles. The molecule has 1 aliphatic heterocycles. The van der Waals surface area contributed by atoms with Crippen molar-refractivity contribution in [1.82, 2.24) is 4.89 Å². The standard InChI is InChI=1S/C18H37NO6S/c1-4-7-10-21-13-14-15(20)16(22-11-8-5-2)17(23-12-9-6-3)18(24-14)25-19-26/h14-20,26H,4-13H2,1-3H3/t14?,15-,16?,17-,18-/m0/s1. The van der Waals surface area contributed by atoms with Crippen LogP contribution in [0, 0.1) is 0 Å². The third-order valence-electron chi connectivity index (χ3n) is 4.33. The average Bonchev–Trinajstić information content (AvgIpc) is 2.64. The van der Waals surface area contributed by atoms with Crippen LogP contribution in [-0.2, 0) is 23.8 Å². The van der Waals surface area contributed by atoms with Gasteiger partial charge in [0, 0.05) is 19.8 Å². The van der Waals surface area contributed by atoms with Crippen molar-refractivity contribution in [2.45, 2.75) is 90.0 Å². The fourth-order valence-corrected chi connectivity index (χ4v) is 2.82. The lowest BCUT2D eigenvalue weighted by Gasteiger charge is -2.43. The summed E-state index contributed by atoms with van der Waals surface area (Å²) >= 11 is 3.90. The number of unbranched alkanes of at least 4 members (excludes halogenated alkanes) is 3. The minimum Gasteiger partial charge on any atom is -0.387 e. The van der Waals surface area contributed by atoms with Gasteiger partial charge in [-0.1, -0.05) is 52.8 Å². The molecule has 7 nitrogen and oxygen atoms in total. The zero-order valence-electron chi connectivity index (χ0n) is 16.4. The van der Waals surface area contributed by atoms with Crippen LogP contribution in [0.15, 0.2) is 0 Å². The van der Waals surface area contributed by atoms with Gasteiger partial charge in [0.1, 0.15) is 24.4 Å². The van der Waals surface area contributed by atoms with Gasteiger partial charge >= 0.3 is 0 Å². The highest BCUT2D eigenvalue weighted by molar-refractivity contribution is 7.77. The summed E-state index contributed by atoms with van der Waals surface area (Å²) in [5, 5.41) is 10.8. The summed E-state index contributed by atoms with van der Waals surface area (Å²) < 4.78 is 23.4. The zero-order valence-corrected chi connectivity index (χ0v) is 17.3. The van der Waals surface area contributed by atoms with Gasteiger partial charge in [-0.3, -0.25) is 4.84 Å². The minimum absolute atomic E-state index is 0.281. The monoisotopic (exact) mass is 395 g/mol. The lowest BCUT2D eigenvalue weighted by molar-refractivity contribution is -0.323. The Balaban J connectivity index is 2.76. The number of hydrogen-bond donors (Lipinski definition) is 3. The molecule has 156 valence electrons. The Kier molecular flexibility index (Phi) is 14.0. The maximum atomic E-state index is 10.8. The Morgan fingerprint density at radius 2 is 1.50 bits per heavy atom. The van der Waals surface area contributed by atoms with Gasteiger partial charge in [0.25, 0.3) is 0 Å². The van der Waals surface area contributed by atoms with Gasteiger partial charge in [0.05, 0.1) is 6.61 Å². The largest absolute Gasteiger partial charge is 0.387 e. The fraction of sp³-hybridized carbons (Fsp3) is 1.00. The molecule has 1 rings (SSSR count). The van der Waals surface area contributed by atoms with Gasteiger partial charge < -0.3 is 24.1 Å². The van der Waals surface area contributed by atoms with E-state index in [1.807, 2.05) is 0 Å². The molecule has 1 fully saturated rings. The van der Waals surface area contributed by atoms with E-state index in [2.05, 4.69) is 38.5 Å². The summed E-state index contributed by atoms with van der Waals surface area (Å²) in [5.74, 6) is 0. The first-order chi connectivity index (χ1) is 12.7. The second kappa shape index (κ2) is 15.0. The first kappa shape index (κ1) is 24.1. The van der Waals surface area contributed by atoms with Crippen molar-refractivity contribution >= 4 is 12.8 Å². The Hall–Kier alpha value is 0.0700. The van der Waals surface area contributed by atoms with Crippen LogP contribution in [0.5, 0.6) is 0 Å². The second-order valence-electron chi connectivity index (χ2n) is 6.55. The van der Waals surface area contributed by atoms with Crippen molar-refractivity contribution in [2.24, 2.45) is 0 Å². The maximum absolute atomic E-state index is 10.8. The Labute approximate surface area is 163 Å². The smallest absolute Gasteiger partial charge is 0.207 e. The molecule has 1 aliphatic rings. The summed E-state index contributed by atoms with van der Waals surface area (Å²) in [6.07, 6.45) is 2.68. The summed E-state index contributed by atoms with van der Waals surface area (Å²) in [4.78, 5) is 7.76. The summed E-state index contributed by atoms with van der Waals surface area (Å²) in [6, 6.07) is 0. The molecule has 26 heavy (non-hydrogen) atoms. The van der Waals surface area contributed by atoms with Crippen LogP contribution >= 0.6 is 12.8 Å². The number of aliphatic hydroxyl groups excluding tert-OH is 1. The Morgan fingerprint density at radius 1 is 0.923 bits per heavy atom. The summed E-state index contributed by atoms with van der Waals surface area (Å²) in [7, 11) is 0. The Morgan fingerprint density at radius 3 is 2.08 bits per heavy atom. The fourth-order valence-electron chi connectivity index (χ4n) is 2.72. The third-order valence-corrected chi connectivity index (χ3v) is 4.43. The molecule has 0 aliphatic carbocycles. The molecule has 2 N–H and O–H groups in total. The highest BCUT2D eigenvalue weighted by atomic mass is 32.1. The number of nitrogens with one attached hydrogen (secondary N) is 1. The SMILES string of the molecule is CCCCOCC1O[C@@H](ONS)[C@@H](OCCCC)C(OCCCC)[C@H]1O.